The smallest absolute Gasteiger partial charge is 0.119 e. The predicted molar refractivity (Wildman–Crippen MR) is 78.5 cm³/mol. The molecule has 108 valence electrons. The lowest BCUT2D eigenvalue weighted by molar-refractivity contribution is 0.166. The quantitative estimate of drug-likeness (QED) is 0.695. The van der Waals surface area contributed by atoms with Crippen molar-refractivity contribution in [1.29, 1.82) is 0 Å². The number of benzene rings is 1. The minimum absolute atomic E-state index is 0.220. The fraction of sp³-hybridized carbons (Fsp3) is 0.600. The van der Waals surface area contributed by atoms with Gasteiger partial charge in [-0.2, -0.15) is 0 Å². The van der Waals surface area contributed by atoms with Gasteiger partial charge in [0.1, 0.15) is 5.75 Å². The zero-order valence-corrected chi connectivity index (χ0v) is 12.3. The maximum absolute atomic E-state index is 5.92. The SMILES string of the molecule is CCOc1cccc(C(CN)N(C)CCCOC)c1. The summed E-state index contributed by atoms with van der Waals surface area (Å²) in [6.07, 6.45) is 1.01. The fourth-order valence-corrected chi connectivity index (χ4v) is 2.16. The molecule has 0 aliphatic rings. The van der Waals surface area contributed by atoms with E-state index in [1.165, 1.54) is 5.56 Å². The molecule has 1 rings (SSSR count). The van der Waals surface area contributed by atoms with Crippen LogP contribution in [0.1, 0.15) is 24.9 Å². The Hall–Kier alpha value is -1.10. The van der Waals surface area contributed by atoms with Crippen molar-refractivity contribution < 1.29 is 9.47 Å². The summed E-state index contributed by atoms with van der Waals surface area (Å²) in [5.74, 6) is 0.906. The first-order valence-corrected chi connectivity index (χ1v) is 6.85. The molecule has 1 atom stereocenters. The number of ether oxygens (including phenoxy) is 2. The van der Waals surface area contributed by atoms with Crippen LogP contribution in [0.4, 0.5) is 0 Å². The van der Waals surface area contributed by atoms with Crippen LogP contribution in [0.25, 0.3) is 0 Å². The van der Waals surface area contributed by atoms with E-state index in [1.807, 2.05) is 19.1 Å². The topological polar surface area (TPSA) is 47.7 Å². The van der Waals surface area contributed by atoms with Crippen LogP contribution in [0.2, 0.25) is 0 Å². The highest BCUT2D eigenvalue weighted by Gasteiger charge is 2.15. The first-order valence-electron chi connectivity index (χ1n) is 6.85. The van der Waals surface area contributed by atoms with Gasteiger partial charge in [-0.3, -0.25) is 4.90 Å². The van der Waals surface area contributed by atoms with Gasteiger partial charge in [-0.15, -0.1) is 0 Å². The van der Waals surface area contributed by atoms with Crippen molar-refractivity contribution >= 4 is 0 Å². The Balaban J connectivity index is 2.69. The number of nitrogens with zero attached hydrogens (tertiary/aromatic N) is 1. The normalized spacial score (nSPS) is 12.7. The average Bonchev–Trinajstić information content (AvgIpc) is 2.41. The lowest BCUT2D eigenvalue weighted by Gasteiger charge is -2.27. The predicted octanol–water partition coefficient (Wildman–Crippen LogP) is 2.05. The zero-order chi connectivity index (χ0) is 14.1. The van der Waals surface area contributed by atoms with Gasteiger partial charge >= 0.3 is 0 Å². The van der Waals surface area contributed by atoms with E-state index in [4.69, 9.17) is 15.2 Å². The molecular weight excluding hydrogens is 240 g/mol. The van der Waals surface area contributed by atoms with Crippen molar-refractivity contribution in [3.05, 3.63) is 29.8 Å². The van der Waals surface area contributed by atoms with E-state index < -0.39 is 0 Å². The van der Waals surface area contributed by atoms with Crippen molar-refractivity contribution in [2.75, 3.05) is 40.5 Å². The van der Waals surface area contributed by atoms with Crippen molar-refractivity contribution in [3.8, 4) is 5.75 Å². The molecule has 4 nitrogen and oxygen atoms in total. The van der Waals surface area contributed by atoms with Crippen molar-refractivity contribution in [3.63, 3.8) is 0 Å². The summed E-state index contributed by atoms with van der Waals surface area (Å²) < 4.78 is 10.6. The van der Waals surface area contributed by atoms with Gasteiger partial charge in [-0.25, -0.2) is 0 Å². The van der Waals surface area contributed by atoms with Crippen LogP contribution in [0, 0.1) is 0 Å². The average molecular weight is 266 g/mol. The molecule has 0 amide bonds. The summed E-state index contributed by atoms with van der Waals surface area (Å²) in [6, 6.07) is 8.40. The highest BCUT2D eigenvalue weighted by Crippen LogP contribution is 2.22. The molecule has 1 aromatic rings. The molecule has 0 saturated carbocycles. The van der Waals surface area contributed by atoms with Gasteiger partial charge in [0.05, 0.1) is 6.61 Å². The Morgan fingerprint density at radius 1 is 1.37 bits per heavy atom. The van der Waals surface area contributed by atoms with E-state index in [1.54, 1.807) is 7.11 Å². The van der Waals surface area contributed by atoms with Gasteiger partial charge in [0.25, 0.3) is 0 Å². The van der Waals surface area contributed by atoms with Crippen LogP contribution in [0.5, 0.6) is 5.75 Å². The molecule has 0 aliphatic heterocycles. The minimum Gasteiger partial charge on any atom is -0.494 e. The monoisotopic (exact) mass is 266 g/mol. The molecule has 0 bridgehead atoms. The van der Waals surface area contributed by atoms with E-state index in [0.717, 1.165) is 25.3 Å². The number of hydrogen-bond donors (Lipinski definition) is 1. The molecule has 0 saturated heterocycles. The van der Waals surface area contributed by atoms with Gasteiger partial charge < -0.3 is 15.2 Å². The van der Waals surface area contributed by atoms with Crippen LogP contribution in [-0.2, 0) is 4.74 Å². The standard InChI is InChI=1S/C15H26N2O2/c1-4-19-14-8-5-7-13(11-14)15(12-16)17(2)9-6-10-18-3/h5,7-8,11,15H,4,6,9-10,12,16H2,1-3H3. The molecule has 1 unspecified atom stereocenters. The Morgan fingerprint density at radius 3 is 2.79 bits per heavy atom. The summed E-state index contributed by atoms with van der Waals surface area (Å²) >= 11 is 0. The second-order valence-electron chi connectivity index (χ2n) is 4.58. The third-order valence-electron chi connectivity index (χ3n) is 3.17. The van der Waals surface area contributed by atoms with E-state index in [0.29, 0.717) is 13.2 Å². The van der Waals surface area contributed by atoms with Gasteiger partial charge in [0, 0.05) is 32.8 Å². The minimum atomic E-state index is 0.220. The fourth-order valence-electron chi connectivity index (χ4n) is 2.16. The van der Waals surface area contributed by atoms with Crippen LogP contribution in [-0.4, -0.2) is 45.4 Å². The summed E-state index contributed by atoms with van der Waals surface area (Å²) in [4.78, 5) is 2.27. The van der Waals surface area contributed by atoms with Crippen LogP contribution in [0.15, 0.2) is 24.3 Å². The number of hydrogen-bond acceptors (Lipinski definition) is 4. The maximum Gasteiger partial charge on any atom is 0.119 e. The van der Waals surface area contributed by atoms with Crippen molar-refractivity contribution in [2.24, 2.45) is 5.73 Å². The molecule has 0 aromatic heterocycles. The van der Waals surface area contributed by atoms with Gasteiger partial charge in [-0.05, 0) is 38.1 Å². The Kier molecular flexibility index (Phi) is 7.48. The Morgan fingerprint density at radius 2 is 2.16 bits per heavy atom. The number of likely N-dealkylation sites (N-methyl/N-ethyl adjacent to an activating group) is 1. The maximum atomic E-state index is 5.92. The summed E-state index contributed by atoms with van der Waals surface area (Å²) in [5, 5.41) is 0. The van der Waals surface area contributed by atoms with E-state index in [2.05, 4.69) is 24.1 Å². The second-order valence-corrected chi connectivity index (χ2v) is 4.58. The number of nitrogens with two attached hydrogens (primary N) is 1. The van der Waals surface area contributed by atoms with Crippen LogP contribution in [0.3, 0.4) is 0 Å². The Labute approximate surface area is 116 Å². The van der Waals surface area contributed by atoms with Crippen LogP contribution >= 0.6 is 0 Å². The molecular formula is C15H26N2O2. The first-order chi connectivity index (χ1) is 9.22. The summed E-state index contributed by atoms with van der Waals surface area (Å²) in [5.41, 5.74) is 7.12. The van der Waals surface area contributed by atoms with E-state index >= 15 is 0 Å². The second kappa shape index (κ2) is 8.91. The molecule has 0 spiro atoms. The lowest BCUT2D eigenvalue weighted by atomic mass is 10.1. The highest BCUT2D eigenvalue weighted by atomic mass is 16.5. The third-order valence-corrected chi connectivity index (χ3v) is 3.17. The lowest BCUT2D eigenvalue weighted by Crippen LogP contribution is -2.31. The van der Waals surface area contributed by atoms with Crippen molar-refractivity contribution in [1.82, 2.24) is 4.90 Å². The molecule has 0 radical (unpaired) electrons. The zero-order valence-electron chi connectivity index (χ0n) is 12.3. The molecule has 4 heteroatoms. The largest absolute Gasteiger partial charge is 0.494 e. The molecule has 1 aromatic carbocycles. The third kappa shape index (κ3) is 5.19. The molecule has 0 fully saturated rings. The summed E-state index contributed by atoms with van der Waals surface area (Å²) in [7, 11) is 3.83. The van der Waals surface area contributed by atoms with E-state index in [9.17, 15) is 0 Å². The molecule has 0 heterocycles. The first kappa shape index (κ1) is 16.0. The molecule has 2 N–H and O–H groups in total. The van der Waals surface area contributed by atoms with Crippen molar-refractivity contribution in [2.45, 2.75) is 19.4 Å². The molecule has 19 heavy (non-hydrogen) atoms. The number of rotatable bonds is 9. The number of methoxy groups -OCH3 is 1. The van der Waals surface area contributed by atoms with Gasteiger partial charge in [0.2, 0.25) is 0 Å². The summed E-state index contributed by atoms with van der Waals surface area (Å²) in [6.45, 7) is 5.01. The van der Waals surface area contributed by atoms with Crippen LogP contribution < -0.4 is 10.5 Å². The Bertz CT molecular complexity index is 358. The van der Waals surface area contributed by atoms with Gasteiger partial charge in [0.15, 0.2) is 0 Å². The van der Waals surface area contributed by atoms with E-state index in [-0.39, 0.29) is 6.04 Å². The molecule has 0 aliphatic carbocycles. The van der Waals surface area contributed by atoms with Gasteiger partial charge in [-0.1, -0.05) is 12.1 Å². The highest BCUT2D eigenvalue weighted by molar-refractivity contribution is 5.30.